The molecule has 0 heterocycles. The molecule has 16 heavy (non-hydrogen) atoms. The number of hydrogen-bond acceptors (Lipinski definition) is 2. The van der Waals surface area contributed by atoms with Crippen LogP contribution in [0.25, 0.3) is 0 Å². The molecule has 0 fully saturated rings. The first-order valence-corrected chi connectivity index (χ1v) is 5.66. The zero-order valence-electron chi connectivity index (χ0n) is 9.61. The van der Waals surface area contributed by atoms with Crippen LogP contribution in [0.3, 0.4) is 0 Å². The van der Waals surface area contributed by atoms with Crippen molar-refractivity contribution in [3.05, 3.63) is 34.9 Å². The molecule has 0 saturated heterocycles. The number of carbonyl (C=O) groups is 1. The Labute approximate surface area is 101 Å². The van der Waals surface area contributed by atoms with E-state index in [1.807, 2.05) is 38.1 Å². The lowest BCUT2D eigenvalue weighted by Crippen LogP contribution is -2.40. The van der Waals surface area contributed by atoms with E-state index in [-0.39, 0.29) is 18.5 Å². The van der Waals surface area contributed by atoms with Crippen molar-refractivity contribution in [2.24, 2.45) is 5.73 Å². The van der Waals surface area contributed by atoms with Crippen molar-refractivity contribution in [1.29, 1.82) is 0 Å². The van der Waals surface area contributed by atoms with Gasteiger partial charge in [-0.1, -0.05) is 23.7 Å². The Kier molecular flexibility index (Phi) is 4.77. The van der Waals surface area contributed by atoms with E-state index < -0.39 is 0 Å². The summed E-state index contributed by atoms with van der Waals surface area (Å²) >= 11 is 5.80. The van der Waals surface area contributed by atoms with Crippen molar-refractivity contribution in [3.63, 3.8) is 0 Å². The summed E-state index contributed by atoms with van der Waals surface area (Å²) in [6.45, 7) is 4.57. The predicted octanol–water partition coefficient (Wildman–Crippen LogP) is 2.04. The zero-order chi connectivity index (χ0) is 12.1. The second-order valence-electron chi connectivity index (χ2n) is 3.95. The smallest absolute Gasteiger partial charge is 0.236 e. The van der Waals surface area contributed by atoms with Gasteiger partial charge in [0, 0.05) is 17.6 Å². The number of halogens is 1. The third-order valence-electron chi connectivity index (χ3n) is 2.38. The molecule has 2 N–H and O–H groups in total. The molecule has 4 heteroatoms. The highest BCUT2D eigenvalue weighted by molar-refractivity contribution is 6.30. The normalized spacial score (nSPS) is 10.6. The zero-order valence-corrected chi connectivity index (χ0v) is 10.4. The van der Waals surface area contributed by atoms with E-state index in [9.17, 15) is 4.79 Å². The first-order chi connectivity index (χ1) is 7.54. The van der Waals surface area contributed by atoms with E-state index in [1.165, 1.54) is 0 Å². The molecule has 0 unspecified atom stereocenters. The Morgan fingerprint density at radius 1 is 1.38 bits per heavy atom. The monoisotopic (exact) mass is 240 g/mol. The maximum Gasteiger partial charge on any atom is 0.236 e. The Morgan fingerprint density at radius 3 is 2.38 bits per heavy atom. The highest BCUT2D eigenvalue weighted by atomic mass is 35.5. The highest BCUT2D eigenvalue weighted by Gasteiger charge is 2.15. The molecular weight excluding hydrogens is 224 g/mol. The van der Waals surface area contributed by atoms with Crippen LogP contribution < -0.4 is 5.73 Å². The minimum Gasteiger partial charge on any atom is -0.335 e. The van der Waals surface area contributed by atoms with E-state index >= 15 is 0 Å². The summed E-state index contributed by atoms with van der Waals surface area (Å²) in [6, 6.07) is 7.62. The molecular formula is C12H17ClN2O. The molecule has 0 aliphatic carbocycles. The molecule has 0 atom stereocenters. The van der Waals surface area contributed by atoms with Crippen LogP contribution in [0.5, 0.6) is 0 Å². The van der Waals surface area contributed by atoms with Crippen LogP contribution in [0.2, 0.25) is 5.02 Å². The van der Waals surface area contributed by atoms with E-state index in [1.54, 1.807) is 4.90 Å². The Bertz CT molecular complexity index is 349. The van der Waals surface area contributed by atoms with Gasteiger partial charge in [-0.3, -0.25) is 4.79 Å². The molecule has 0 spiro atoms. The van der Waals surface area contributed by atoms with Gasteiger partial charge in [-0.05, 0) is 31.5 Å². The fraction of sp³-hybridized carbons (Fsp3) is 0.417. The summed E-state index contributed by atoms with van der Waals surface area (Å²) in [5.74, 6) is -0.0371. The van der Waals surface area contributed by atoms with Gasteiger partial charge in [-0.25, -0.2) is 0 Å². The highest BCUT2D eigenvalue weighted by Crippen LogP contribution is 2.13. The van der Waals surface area contributed by atoms with Gasteiger partial charge in [-0.15, -0.1) is 0 Å². The molecule has 0 aromatic heterocycles. The van der Waals surface area contributed by atoms with Crippen LogP contribution in [-0.4, -0.2) is 23.4 Å². The van der Waals surface area contributed by atoms with E-state index in [2.05, 4.69) is 0 Å². The van der Waals surface area contributed by atoms with Gasteiger partial charge in [0.15, 0.2) is 0 Å². The number of nitrogens with two attached hydrogens (primary N) is 1. The van der Waals surface area contributed by atoms with Gasteiger partial charge in [0.05, 0.1) is 6.54 Å². The average Bonchev–Trinajstić information content (AvgIpc) is 2.27. The fourth-order valence-corrected chi connectivity index (χ4v) is 1.59. The molecule has 3 nitrogen and oxygen atoms in total. The third kappa shape index (κ3) is 3.51. The molecule has 0 bridgehead atoms. The van der Waals surface area contributed by atoms with Crippen molar-refractivity contribution < 1.29 is 4.79 Å². The molecule has 0 aliphatic heterocycles. The van der Waals surface area contributed by atoms with Crippen molar-refractivity contribution >= 4 is 17.5 Å². The second-order valence-corrected chi connectivity index (χ2v) is 4.38. The summed E-state index contributed by atoms with van der Waals surface area (Å²) in [7, 11) is 0. The van der Waals surface area contributed by atoms with Crippen LogP contribution >= 0.6 is 11.6 Å². The number of rotatable bonds is 4. The van der Waals surface area contributed by atoms with Crippen molar-refractivity contribution in [3.8, 4) is 0 Å². The van der Waals surface area contributed by atoms with Gasteiger partial charge >= 0.3 is 0 Å². The Morgan fingerprint density at radius 2 is 1.94 bits per heavy atom. The van der Waals surface area contributed by atoms with Crippen molar-refractivity contribution in [2.45, 2.75) is 26.4 Å². The topological polar surface area (TPSA) is 46.3 Å². The largest absolute Gasteiger partial charge is 0.335 e. The number of carbonyl (C=O) groups excluding carboxylic acids is 1. The number of amides is 1. The van der Waals surface area contributed by atoms with Gasteiger partial charge in [0.2, 0.25) is 5.91 Å². The quantitative estimate of drug-likeness (QED) is 0.876. The van der Waals surface area contributed by atoms with Gasteiger partial charge in [-0.2, -0.15) is 0 Å². The molecule has 1 amide bonds. The molecule has 1 aromatic rings. The maximum absolute atomic E-state index is 11.6. The van der Waals surface area contributed by atoms with E-state index in [0.29, 0.717) is 11.6 Å². The van der Waals surface area contributed by atoms with Gasteiger partial charge in [0.25, 0.3) is 0 Å². The predicted molar refractivity (Wildman–Crippen MR) is 66.2 cm³/mol. The minimum atomic E-state index is -0.0371. The first kappa shape index (κ1) is 13.0. The van der Waals surface area contributed by atoms with Crippen LogP contribution in [0.1, 0.15) is 19.4 Å². The van der Waals surface area contributed by atoms with Gasteiger partial charge in [0.1, 0.15) is 0 Å². The van der Waals surface area contributed by atoms with Crippen LogP contribution in [0, 0.1) is 0 Å². The van der Waals surface area contributed by atoms with E-state index in [4.69, 9.17) is 17.3 Å². The molecule has 0 aliphatic rings. The minimum absolute atomic E-state index is 0.0371. The Hall–Kier alpha value is -1.06. The van der Waals surface area contributed by atoms with E-state index in [0.717, 1.165) is 5.56 Å². The van der Waals surface area contributed by atoms with Crippen LogP contribution in [0.15, 0.2) is 24.3 Å². The van der Waals surface area contributed by atoms with Crippen LogP contribution in [-0.2, 0) is 11.3 Å². The summed E-state index contributed by atoms with van der Waals surface area (Å²) in [4.78, 5) is 13.4. The van der Waals surface area contributed by atoms with Crippen molar-refractivity contribution in [1.82, 2.24) is 4.90 Å². The summed E-state index contributed by atoms with van der Waals surface area (Å²) in [5, 5.41) is 0.699. The third-order valence-corrected chi connectivity index (χ3v) is 2.64. The standard InChI is InChI=1S/C12H17ClN2O/c1-9(2)15(12(16)7-14)8-10-3-5-11(13)6-4-10/h3-6,9H,7-8,14H2,1-2H3. The SMILES string of the molecule is CC(C)N(Cc1ccc(Cl)cc1)C(=O)CN. The van der Waals surface area contributed by atoms with Gasteiger partial charge < -0.3 is 10.6 Å². The molecule has 0 radical (unpaired) electrons. The fourth-order valence-electron chi connectivity index (χ4n) is 1.46. The lowest BCUT2D eigenvalue weighted by Gasteiger charge is -2.26. The molecule has 1 rings (SSSR count). The summed E-state index contributed by atoms with van der Waals surface area (Å²) in [5.41, 5.74) is 6.43. The Balaban J connectivity index is 2.75. The second kappa shape index (κ2) is 5.87. The lowest BCUT2D eigenvalue weighted by atomic mass is 10.2. The van der Waals surface area contributed by atoms with Crippen LogP contribution in [0.4, 0.5) is 0 Å². The summed E-state index contributed by atoms with van der Waals surface area (Å²) in [6.07, 6.45) is 0. The number of benzene rings is 1. The van der Waals surface area contributed by atoms with Crippen molar-refractivity contribution in [2.75, 3.05) is 6.54 Å². The molecule has 1 aromatic carbocycles. The number of nitrogens with zero attached hydrogens (tertiary/aromatic N) is 1. The first-order valence-electron chi connectivity index (χ1n) is 5.28. The maximum atomic E-state index is 11.6. The molecule has 88 valence electrons. The lowest BCUT2D eigenvalue weighted by molar-refractivity contribution is -0.132. The summed E-state index contributed by atoms with van der Waals surface area (Å²) < 4.78 is 0. The molecule has 0 saturated carbocycles. The average molecular weight is 241 g/mol. The number of hydrogen-bond donors (Lipinski definition) is 1.